The van der Waals surface area contributed by atoms with Crippen LogP contribution in [-0.4, -0.2) is 39.3 Å². The predicted octanol–water partition coefficient (Wildman–Crippen LogP) is 7.09. The fraction of sp³-hybridized carbons (Fsp3) is 0.190. The van der Waals surface area contributed by atoms with Gasteiger partial charge in [0.2, 0.25) is 0 Å². The molecule has 1 amide bonds. The molecule has 6 rings (SSSR count). The maximum atomic E-state index is 14.3. The Labute approximate surface area is 308 Å². The number of fused-ring (bicyclic) bond motifs is 1. The molecule has 0 spiro atoms. The number of nitrogen functional groups attached to an aromatic ring is 1. The van der Waals surface area contributed by atoms with Gasteiger partial charge in [0.15, 0.2) is 0 Å². The number of ether oxygens (including phenoxy) is 1. The largest absolute Gasteiger partial charge is 0.465 e. The number of aromatic nitrogens is 2. The Morgan fingerprint density at radius 3 is 1.88 bits per heavy atom. The number of nitrogens with zero attached hydrogens (tertiary/aromatic N) is 3. The standard InChI is InChI=1S/C42H41ClN6O3/c1-52-42(51)34-15-8-32(9-16-34)27-48(26-31-4-2-30(25-44)3-5-31)41(50)35-17-20-38-37(24-35)47-39(21-12-28-6-13-33(14-7-28)40(45)46)49(38)23-22-29-10-18-36(43)19-11-29/h2-11,13-20,24H,12,21-23,25-27,44H2,1H3,(H3,45,46). The predicted molar refractivity (Wildman–Crippen MR) is 205 cm³/mol. The number of imidazole rings is 1. The molecule has 0 radical (unpaired) electrons. The van der Waals surface area contributed by atoms with Crippen molar-refractivity contribution in [3.05, 3.63) is 171 Å². The molecule has 0 bridgehead atoms. The summed E-state index contributed by atoms with van der Waals surface area (Å²) >= 11 is 6.14. The Kier molecular flexibility index (Phi) is 11.4. The van der Waals surface area contributed by atoms with Gasteiger partial charge in [-0.3, -0.25) is 10.2 Å². The first-order valence-corrected chi connectivity index (χ1v) is 17.5. The summed E-state index contributed by atoms with van der Waals surface area (Å²) in [7, 11) is 1.35. The molecule has 0 fully saturated rings. The van der Waals surface area contributed by atoms with Gasteiger partial charge in [0.25, 0.3) is 5.91 Å². The smallest absolute Gasteiger partial charge is 0.337 e. The second-order valence-electron chi connectivity index (χ2n) is 12.7. The van der Waals surface area contributed by atoms with Gasteiger partial charge >= 0.3 is 5.97 Å². The Morgan fingerprint density at radius 1 is 0.731 bits per heavy atom. The first-order valence-electron chi connectivity index (χ1n) is 17.1. The minimum Gasteiger partial charge on any atom is -0.465 e. The highest BCUT2D eigenvalue weighted by Gasteiger charge is 2.20. The van der Waals surface area contributed by atoms with Crippen molar-refractivity contribution in [1.29, 1.82) is 5.41 Å². The summed E-state index contributed by atoms with van der Waals surface area (Å²) in [5.41, 5.74) is 20.0. The third-order valence-corrected chi connectivity index (χ3v) is 9.43. The Hall–Kier alpha value is -5.77. The molecule has 52 heavy (non-hydrogen) atoms. The van der Waals surface area contributed by atoms with Crippen molar-refractivity contribution in [2.75, 3.05) is 7.11 Å². The van der Waals surface area contributed by atoms with Gasteiger partial charge in [0.05, 0.1) is 23.7 Å². The van der Waals surface area contributed by atoms with E-state index in [0.717, 1.165) is 52.0 Å². The third-order valence-electron chi connectivity index (χ3n) is 9.18. The van der Waals surface area contributed by atoms with Crippen LogP contribution >= 0.6 is 11.6 Å². The SMILES string of the molecule is COC(=O)c1ccc(CN(Cc2ccc(CN)cc2)C(=O)c2ccc3c(c2)nc(CCc2ccc(C(=N)N)cc2)n3CCc2ccc(Cl)cc2)cc1. The molecule has 1 aromatic heterocycles. The van der Waals surface area contributed by atoms with E-state index in [2.05, 4.69) is 4.57 Å². The molecule has 0 saturated heterocycles. The van der Waals surface area contributed by atoms with Crippen molar-refractivity contribution in [2.45, 2.75) is 45.4 Å². The van der Waals surface area contributed by atoms with Crippen molar-refractivity contribution in [3.8, 4) is 0 Å². The van der Waals surface area contributed by atoms with Gasteiger partial charge < -0.3 is 25.7 Å². The Balaban J connectivity index is 1.30. The lowest BCUT2D eigenvalue weighted by atomic mass is 10.1. The highest BCUT2D eigenvalue weighted by atomic mass is 35.5. The average molecular weight is 713 g/mol. The van der Waals surface area contributed by atoms with Gasteiger partial charge in [-0.25, -0.2) is 9.78 Å². The van der Waals surface area contributed by atoms with Crippen LogP contribution in [0.2, 0.25) is 5.02 Å². The van der Waals surface area contributed by atoms with Gasteiger partial charge in [-0.2, -0.15) is 0 Å². The summed E-state index contributed by atoms with van der Waals surface area (Å²) in [4.78, 5) is 33.2. The molecule has 5 N–H and O–H groups in total. The quantitative estimate of drug-likeness (QED) is 0.0626. The van der Waals surface area contributed by atoms with Crippen molar-refractivity contribution in [2.24, 2.45) is 11.5 Å². The van der Waals surface area contributed by atoms with Crippen LogP contribution in [0.15, 0.2) is 115 Å². The van der Waals surface area contributed by atoms with Gasteiger partial charge in [0.1, 0.15) is 11.7 Å². The molecular weight excluding hydrogens is 672 g/mol. The van der Waals surface area contributed by atoms with Gasteiger partial charge in [0, 0.05) is 48.7 Å². The normalized spacial score (nSPS) is 11.1. The van der Waals surface area contributed by atoms with Crippen LogP contribution in [0.4, 0.5) is 0 Å². The number of nitrogens with two attached hydrogens (primary N) is 2. The summed E-state index contributed by atoms with van der Waals surface area (Å²) < 4.78 is 7.09. The zero-order valence-electron chi connectivity index (χ0n) is 29.0. The molecule has 0 aliphatic heterocycles. The monoisotopic (exact) mass is 712 g/mol. The van der Waals surface area contributed by atoms with Gasteiger partial charge in [-0.15, -0.1) is 0 Å². The zero-order valence-corrected chi connectivity index (χ0v) is 29.8. The summed E-state index contributed by atoms with van der Waals surface area (Å²) in [5, 5.41) is 8.40. The Morgan fingerprint density at radius 2 is 1.27 bits per heavy atom. The minimum atomic E-state index is -0.411. The number of amidine groups is 1. The van der Waals surface area contributed by atoms with E-state index in [1.807, 2.05) is 103 Å². The number of aryl methyl sites for hydroxylation is 4. The maximum Gasteiger partial charge on any atom is 0.337 e. The summed E-state index contributed by atoms with van der Waals surface area (Å²) in [5.74, 6) is 0.419. The number of methoxy groups -OCH3 is 1. The van der Waals surface area contributed by atoms with Crippen molar-refractivity contribution < 1.29 is 14.3 Å². The van der Waals surface area contributed by atoms with E-state index in [1.54, 1.807) is 17.0 Å². The number of benzene rings is 5. The number of hydrogen-bond donors (Lipinski definition) is 3. The van der Waals surface area contributed by atoms with E-state index in [-0.39, 0.29) is 11.7 Å². The lowest BCUT2D eigenvalue weighted by Crippen LogP contribution is -2.30. The third kappa shape index (κ3) is 8.74. The molecule has 0 aliphatic carbocycles. The molecule has 0 atom stereocenters. The van der Waals surface area contributed by atoms with E-state index >= 15 is 0 Å². The number of rotatable bonds is 14. The molecule has 0 saturated carbocycles. The van der Waals surface area contributed by atoms with Gasteiger partial charge in [-0.05, 0) is 83.1 Å². The molecule has 0 aliphatic rings. The number of carbonyl (C=O) groups is 2. The first-order chi connectivity index (χ1) is 25.2. The van der Waals surface area contributed by atoms with Crippen molar-refractivity contribution in [3.63, 3.8) is 0 Å². The van der Waals surface area contributed by atoms with Crippen LogP contribution in [0, 0.1) is 5.41 Å². The average Bonchev–Trinajstić information content (AvgIpc) is 3.53. The first kappa shape index (κ1) is 36.0. The van der Waals surface area contributed by atoms with E-state index in [4.69, 9.17) is 38.2 Å². The molecule has 6 aromatic rings. The molecular formula is C42H41ClN6O3. The van der Waals surface area contributed by atoms with Crippen LogP contribution in [0.3, 0.4) is 0 Å². The minimum absolute atomic E-state index is 0.0421. The number of nitrogens with one attached hydrogen (secondary N) is 1. The van der Waals surface area contributed by atoms with Crippen LogP contribution in [-0.2, 0) is 50.2 Å². The van der Waals surface area contributed by atoms with Crippen LogP contribution < -0.4 is 11.5 Å². The molecule has 1 heterocycles. The molecule has 5 aromatic carbocycles. The zero-order chi connectivity index (χ0) is 36.6. The number of halogens is 1. The number of hydrogen-bond acceptors (Lipinski definition) is 6. The fourth-order valence-electron chi connectivity index (χ4n) is 6.22. The second-order valence-corrected chi connectivity index (χ2v) is 13.2. The van der Waals surface area contributed by atoms with E-state index in [1.165, 1.54) is 12.7 Å². The number of amides is 1. The summed E-state index contributed by atoms with van der Waals surface area (Å²) in [6, 6.07) is 36.4. The van der Waals surface area contributed by atoms with Crippen LogP contribution in [0.25, 0.3) is 11.0 Å². The molecule has 0 unspecified atom stereocenters. The van der Waals surface area contributed by atoms with E-state index < -0.39 is 5.97 Å². The molecule has 9 nitrogen and oxygen atoms in total. The van der Waals surface area contributed by atoms with Crippen LogP contribution in [0.1, 0.15) is 59.9 Å². The molecule has 264 valence electrons. The Bertz CT molecular complexity index is 2180. The van der Waals surface area contributed by atoms with Gasteiger partial charge in [-0.1, -0.05) is 84.4 Å². The lowest BCUT2D eigenvalue weighted by molar-refractivity contribution is 0.0600. The number of carbonyl (C=O) groups excluding carboxylic acids is 2. The summed E-state index contributed by atoms with van der Waals surface area (Å²) in [6.07, 6.45) is 2.22. The van der Waals surface area contributed by atoms with Crippen molar-refractivity contribution >= 4 is 40.3 Å². The highest BCUT2D eigenvalue weighted by molar-refractivity contribution is 6.30. The lowest BCUT2D eigenvalue weighted by Gasteiger charge is -2.23. The second kappa shape index (κ2) is 16.5. The van der Waals surface area contributed by atoms with E-state index in [0.29, 0.717) is 54.3 Å². The maximum absolute atomic E-state index is 14.3. The number of esters is 1. The topological polar surface area (TPSA) is 140 Å². The van der Waals surface area contributed by atoms with Crippen molar-refractivity contribution in [1.82, 2.24) is 14.5 Å². The van der Waals surface area contributed by atoms with Crippen LogP contribution in [0.5, 0.6) is 0 Å². The summed E-state index contributed by atoms with van der Waals surface area (Å²) in [6.45, 7) is 1.86. The van der Waals surface area contributed by atoms with E-state index in [9.17, 15) is 9.59 Å². The molecule has 10 heteroatoms. The highest BCUT2D eigenvalue weighted by Crippen LogP contribution is 2.24. The fourth-order valence-corrected chi connectivity index (χ4v) is 6.35.